The van der Waals surface area contributed by atoms with Gasteiger partial charge in [-0.2, -0.15) is 0 Å². The lowest BCUT2D eigenvalue weighted by molar-refractivity contribution is -0.127. The Morgan fingerprint density at radius 1 is 0.964 bits per heavy atom. The van der Waals surface area contributed by atoms with E-state index >= 15 is 0 Å². The fourth-order valence-corrected chi connectivity index (χ4v) is 5.31. The summed E-state index contributed by atoms with van der Waals surface area (Å²) in [6.45, 7) is 1.64. The summed E-state index contributed by atoms with van der Waals surface area (Å²) in [7, 11) is 0. The molecule has 28 heavy (non-hydrogen) atoms. The van der Waals surface area contributed by atoms with Crippen LogP contribution >= 0.6 is 0 Å². The number of fused-ring (bicyclic) bond motifs is 5. The molecule has 5 heteroatoms. The number of allylic oxidation sites excluding steroid dienone is 2. The molecule has 3 amide bonds. The van der Waals surface area contributed by atoms with Crippen LogP contribution in [-0.2, 0) is 14.4 Å². The number of rotatable bonds is 3. The first-order valence-corrected chi connectivity index (χ1v) is 10.3. The first kappa shape index (κ1) is 17.4. The van der Waals surface area contributed by atoms with Crippen molar-refractivity contribution in [3.63, 3.8) is 0 Å². The predicted octanol–water partition coefficient (Wildman–Crippen LogP) is 3.02. The van der Waals surface area contributed by atoms with Gasteiger partial charge in [0, 0.05) is 19.2 Å². The van der Waals surface area contributed by atoms with Crippen molar-refractivity contribution >= 4 is 29.5 Å². The van der Waals surface area contributed by atoms with E-state index in [0.29, 0.717) is 5.69 Å². The Bertz CT molecular complexity index is 867. The van der Waals surface area contributed by atoms with E-state index in [4.69, 9.17) is 0 Å². The first-order valence-electron chi connectivity index (χ1n) is 10.3. The number of hydrogen-bond acceptors (Lipinski definition) is 3. The van der Waals surface area contributed by atoms with Crippen LogP contribution < -0.4 is 4.90 Å². The summed E-state index contributed by atoms with van der Waals surface area (Å²) < 4.78 is 0. The maximum absolute atomic E-state index is 13.0. The van der Waals surface area contributed by atoms with E-state index in [9.17, 15) is 14.4 Å². The van der Waals surface area contributed by atoms with Crippen LogP contribution in [0.1, 0.15) is 31.2 Å². The summed E-state index contributed by atoms with van der Waals surface area (Å²) in [5.41, 5.74) is 1.43. The third-order valence-corrected chi connectivity index (χ3v) is 6.68. The van der Waals surface area contributed by atoms with Gasteiger partial charge in [0.05, 0.1) is 17.5 Å². The second-order valence-electron chi connectivity index (χ2n) is 8.33. The summed E-state index contributed by atoms with van der Waals surface area (Å²) in [6, 6.07) is 7.35. The van der Waals surface area contributed by atoms with Gasteiger partial charge in [-0.1, -0.05) is 24.3 Å². The first-order chi connectivity index (χ1) is 13.6. The van der Waals surface area contributed by atoms with Crippen LogP contribution in [0.15, 0.2) is 42.5 Å². The fourth-order valence-electron chi connectivity index (χ4n) is 5.31. The zero-order valence-corrected chi connectivity index (χ0v) is 15.8. The second kappa shape index (κ2) is 6.73. The third-order valence-electron chi connectivity index (χ3n) is 6.68. The second-order valence-corrected chi connectivity index (χ2v) is 8.33. The highest BCUT2D eigenvalue weighted by Gasteiger charge is 2.59. The molecule has 0 N–H and O–H groups in total. The molecule has 144 valence electrons. The molecule has 1 aromatic carbocycles. The third kappa shape index (κ3) is 2.72. The molecule has 2 aliphatic carbocycles. The van der Waals surface area contributed by atoms with Crippen molar-refractivity contribution in [2.75, 3.05) is 18.0 Å². The highest BCUT2D eigenvalue weighted by atomic mass is 16.2. The van der Waals surface area contributed by atoms with Gasteiger partial charge in [0.25, 0.3) is 0 Å². The van der Waals surface area contributed by atoms with E-state index < -0.39 is 0 Å². The van der Waals surface area contributed by atoms with Crippen molar-refractivity contribution in [1.29, 1.82) is 0 Å². The molecule has 3 fully saturated rings. The number of piperidine rings is 1. The molecule has 1 saturated carbocycles. The van der Waals surface area contributed by atoms with Crippen LogP contribution in [0.2, 0.25) is 0 Å². The van der Waals surface area contributed by atoms with Crippen molar-refractivity contribution < 1.29 is 14.4 Å². The van der Waals surface area contributed by atoms with Crippen LogP contribution in [0.4, 0.5) is 5.69 Å². The fraction of sp³-hybridized carbons (Fsp3) is 0.435. The average molecular weight is 376 g/mol. The Labute approximate surface area is 164 Å². The minimum atomic E-state index is -0.192. The Balaban J connectivity index is 1.35. The molecule has 2 bridgehead atoms. The summed E-state index contributed by atoms with van der Waals surface area (Å²) in [6.07, 6.45) is 11.8. The van der Waals surface area contributed by atoms with Crippen LogP contribution in [0.5, 0.6) is 0 Å². The van der Waals surface area contributed by atoms with E-state index in [2.05, 4.69) is 12.2 Å². The van der Waals surface area contributed by atoms with Crippen molar-refractivity contribution in [3.8, 4) is 0 Å². The molecule has 4 atom stereocenters. The number of hydrogen-bond donors (Lipinski definition) is 0. The van der Waals surface area contributed by atoms with E-state index in [1.54, 1.807) is 18.2 Å². The Kier molecular flexibility index (Phi) is 4.18. The van der Waals surface area contributed by atoms with Gasteiger partial charge < -0.3 is 4.90 Å². The molecular weight excluding hydrogens is 352 g/mol. The lowest BCUT2D eigenvalue weighted by Gasteiger charge is -2.25. The van der Waals surface area contributed by atoms with Gasteiger partial charge >= 0.3 is 0 Å². The van der Waals surface area contributed by atoms with E-state index in [0.717, 1.165) is 37.9 Å². The summed E-state index contributed by atoms with van der Waals surface area (Å²) >= 11 is 0. The molecule has 2 saturated heterocycles. The van der Waals surface area contributed by atoms with Crippen molar-refractivity contribution in [2.24, 2.45) is 23.7 Å². The molecule has 1 aromatic rings. The van der Waals surface area contributed by atoms with Gasteiger partial charge in [0.2, 0.25) is 17.7 Å². The standard InChI is InChI=1S/C23H24N2O3/c26-19(24-11-2-1-3-12-24)10-7-15-5-4-6-18(13-15)25-22(27)20-16-8-9-17(14-16)21(20)23(25)28/h4-10,13,16-17,20-21H,1-3,11-12,14H2/b10-7+. The molecule has 4 aliphatic rings. The summed E-state index contributed by atoms with van der Waals surface area (Å²) in [5.74, 6) is -0.0847. The normalized spacial score (nSPS) is 31.3. The zero-order valence-electron chi connectivity index (χ0n) is 15.8. The summed E-state index contributed by atoms with van der Waals surface area (Å²) in [5, 5.41) is 0. The lowest BCUT2D eigenvalue weighted by Crippen LogP contribution is -2.34. The van der Waals surface area contributed by atoms with E-state index in [1.165, 1.54) is 11.3 Å². The number of benzene rings is 1. The van der Waals surface area contributed by atoms with Crippen LogP contribution in [0, 0.1) is 23.7 Å². The molecule has 4 unspecified atom stereocenters. The number of imide groups is 1. The Morgan fingerprint density at radius 3 is 2.32 bits per heavy atom. The topological polar surface area (TPSA) is 57.7 Å². The molecule has 5 rings (SSSR count). The molecule has 2 heterocycles. The number of anilines is 1. The molecule has 0 radical (unpaired) electrons. The predicted molar refractivity (Wildman–Crippen MR) is 106 cm³/mol. The number of nitrogens with zero attached hydrogens (tertiary/aromatic N) is 2. The van der Waals surface area contributed by atoms with Gasteiger partial charge in [-0.15, -0.1) is 0 Å². The van der Waals surface area contributed by atoms with Crippen LogP contribution in [0.25, 0.3) is 6.08 Å². The van der Waals surface area contributed by atoms with Gasteiger partial charge in [-0.05, 0) is 61.3 Å². The molecule has 5 nitrogen and oxygen atoms in total. The highest BCUT2D eigenvalue weighted by Crippen LogP contribution is 2.53. The van der Waals surface area contributed by atoms with Crippen molar-refractivity contribution in [2.45, 2.75) is 25.7 Å². The molecule has 0 spiro atoms. The molecule has 2 aliphatic heterocycles. The molecule has 0 aromatic heterocycles. The van der Waals surface area contributed by atoms with Crippen molar-refractivity contribution in [1.82, 2.24) is 4.90 Å². The number of likely N-dealkylation sites (tertiary alicyclic amines) is 1. The lowest BCUT2D eigenvalue weighted by atomic mass is 9.85. The van der Waals surface area contributed by atoms with Crippen LogP contribution in [0.3, 0.4) is 0 Å². The average Bonchev–Trinajstić information content (AvgIpc) is 3.41. The minimum Gasteiger partial charge on any atom is -0.339 e. The zero-order chi connectivity index (χ0) is 19.3. The Hall–Kier alpha value is -2.69. The minimum absolute atomic E-state index is 0.0237. The Morgan fingerprint density at radius 2 is 1.64 bits per heavy atom. The van der Waals surface area contributed by atoms with E-state index in [1.807, 2.05) is 23.1 Å². The smallest absolute Gasteiger partial charge is 0.246 e. The highest BCUT2D eigenvalue weighted by molar-refractivity contribution is 6.22. The van der Waals surface area contributed by atoms with Gasteiger partial charge in [0.1, 0.15) is 0 Å². The quantitative estimate of drug-likeness (QED) is 0.463. The maximum Gasteiger partial charge on any atom is 0.246 e. The van der Waals surface area contributed by atoms with Gasteiger partial charge in [0.15, 0.2) is 0 Å². The van der Waals surface area contributed by atoms with Crippen molar-refractivity contribution in [3.05, 3.63) is 48.1 Å². The summed E-state index contributed by atoms with van der Waals surface area (Å²) in [4.78, 5) is 41.5. The SMILES string of the molecule is O=C(/C=C/c1cccc(N2C(=O)C3C4C=CC(C4)C3C2=O)c1)N1CCCCC1. The largest absolute Gasteiger partial charge is 0.339 e. The van der Waals surface area contributed by atoms with E-state index in [-0.39, 0.29) is 41.4 Å². The maximum atomic E-state index is 13.0. The number of carbonyl (C=O) groups is 3. The number of amides is 3. The van der Waals surface area contributed by atoms with Crippen LogP contribution in [-0.4, -0.2) is 35.7 Å². The number of carbonyl (C=O) groups excluding carboxylic acids is 3. The van der Waals surface area contributed by atoms with Gasteiger partial charge in [-0.25, -0.2) is 4.90 Å². The van der Waals surface area contributed by atoms with Gasteiger partial charge in [-0.3, -0.25) is 14.4 Å². The molecular formula is C23H24N2O3. The monoisotopic (exact) mass is 376 g/mol.